The summed E-state index contributed by atoms with van der Waals surface area (Å²) in [4.78, 5) is 45.2. The van der Waals surface area contributed by atoms with Crippen molar-refractivity contribution in [3.63, 3.8) is 0 Å². The van der Waals surface area contributed by atoms with Crippen LogP contribution in [0.25, 0.3) is 22.6 Å². The molecule has 0 saturated heterocycles. The van der Waals surface area contributed by atoms with Crippen molar-refractivity contribution in [1.29, 1.82) is 0 Å². The highest BCUT2D eigenvalue weighted by Crippen LogP contribution is 2.43. The molecule has 4 heterocycles. The third-order valence-corrected chi connectivity index (χ3v) is 8.72. The second-order valence-corrected chi connectivity index (χ2v) is 12.1. The van der Waals surface area contributed by atoms with Crippen LogP contribution in [0, 0.1) is 13.8 Å². The Morgan fingerprint density at radius 1 is 1.03 bits per heavy atom. The first-order chi connectivity index (χ1) is 18.6. The Balaban J connectivity index is 1.57. The molecule has 12 nitrogen and oxygen atoms in total. The third-order valence-electron chi connectivity index (χ3n) is 7.03. The summed E-state index contributed by atoms with van der Waals surface area (Å²) >= 11 is 0. The zero-order valence-corrected chi connectivity index (χ0v) is 23.4. The first-order valence-corrected chi connectivity index (χ1v) is 14.7. The van der Waals surface area contributed by atoms with Crippen LogP contribution in [0.3, 0.4) is 0 Å². The second kappa shape index (κ2) is 10.4. The number of fused-ring (bicyclic) bond motifs is 1. The van der Waals surface area contributed by atoms with Gasteiger partial charge in [-0.15, -0.1) is 0 Å². The zero-order chi connectivity index (χ0) is 27.9. The number of sulfone groups is 1. The van der Waals surface area contributed by atoms with Gasteiger partial charge in [-0.25, -0.2) is 43.3 Å². The molecule has 1 aliphatic rings. The quantitative estimate of drug-likeness (QED) is 0.326. The van der Waals surface area contributed by atoms with Crippen molar-refractivity contribution in [2.75, 3.05) is 11.1 Å². The van der Waals surface area contributed by atoms with E-state index in [4.69, 9.17) is 9.97 Å². The molecule has 39 heavy (non-hydrogen) atoms. The van der Waals surface area contributed by atoms with Gasteiger partial charge in [0, 0.05) is 24.4 Å². The van der Waals surface area contributed by atoms with Crippen LogP contribution in [0.1, 0.15) is 74.9 Å². The Bertz CT molecular complexity index is 1720. The van der Waals surface area contributed by atoms with Crippen LogP contribution < -0.4 is 10.9 Å². The molecule has 0 radical (unpaired) electrons. The summed E-state index contributed by atoms with van der Waals surface area (Å²) in [6.45, 7) is 9.39. The SMILES string of the molecule is CC[C@@H](C)n1c(=O)c(NCc2ncc(S(=O)(=O)CC)cn2)nc2c(C)nc(-c3c(C)ncnc3C3CC3)nc21. The van der Waals surface area contributed by atoms with Crippen LogP contribution in [0.4, 0.5) is 5.82 Å². The average molecular weight is 550 g/mol. The molecule has 0 spiro atoms. The van der Waals surface area contributed by atoms with Crippen LogP contribution >= 0.6 is 0 Å². The number of rotatable bonds is 9. The van der Waals surface area contributed by atoms with E-state index in [9.17, 15) is 13.2 Å². The highest BCUT2D eigenvalue weighted by Gasteiger charge is 2.30. The number of nitrogens with one attached hydrogen (secondary N) is 1. The van der Waals surface area contributed by atoms with Crippen molar-refractivity contribution >= 4 is 26.8 Å². The van der Waals surface area contributed by atoms with E-state index in [0.29, 0.717) is 40.8 Å². The molecule has 1 aliphatic carbocycles. The van der Waals surface area contributed by atoms with Crippen LogP contribution in [0.15, 0.2) is 28.4 Å². The zero-order valence-electron chi connectivity index (χ0n) is 22.6. The summed E-state index contributed by atoms with van der Waals surface area (Å²) in [5.41, 5.74) is 3.84. The highest BCUT2D eigenvalue weighted by molar-refractivity contribution is 7.91. The summed E-state index contributed by atoms with van der Waals surface area (Å²) < 4.78 is 25.7. The predicted molar refractivity (Wildman–Crippen MR) is 146 cm³/mol. The molecule has 0 aliphatic heterocycles. The summed E-state index contributed by atoms with van der Waals surface area (Å²) in [6.07, 6.45) is 6.98. The van der Waals surface area contributed by atoms with E-state index in [0.717, 1.165) is 29.8 Å². The van der Waals surface area contributed by atoms with Crippen molar-refractivity contribution in [1.82, 2.24) is 39.5 Å². The fourth-order valence-corrected chi connectivity index (χ4v) is 5.16. The molecule has 1 saturated carbocycles. The van der Waals surface area contributed by atoms with E-state index in [-0.39, 0.29) is 34.6 Å². The maximum absolute atomic E-state index is 13.7. The van der Waals surface area contributed by atoms with Gasteiger partial charge in [0.05, 0.1) is 34.9 Å². The second-order valence-electron chi connectivity index (χ2n) is 9.78. The molecule has 0 bridgehead atoms. The van der Waals surface area contributed by atoms with Gasteiger partial charge in [-0.1, -0.05) is 13.8 Å². The summed E-state index contributed by atoms with van der Waals surface area (Å²) in [6, 6.07) is -0.156. The number of aromatic nitrogens is 8. The minimum Gasteiger partial charge on any atom is -0.358 e. The molecule has 4 aromatic rings. The molecule has 13 heteroatoms. The van der Waals surface area contributed by atoms with Gasteiger partial charge in [0.25, 0.3) is 5.56 Å². The van der Waals surface area contributed by atoms with Crippen LogP contribution in [0.2, 0.25) is 0 Å². The third kappa shape index (κ3) is 5.10. The first-order valence-electron chi connectivity index (χ1n) is 13.0. The molecule has 4 aromatic heterocycles. The molecule has 0 amide bonds. The first kappa shape index (κ1) is 26.7. The standard InChI is InChI=1S/C26H31N9O3S/c1-6-14(3)35-25-21(16(5)32-23(34-25)20-15(4)30-13-31-22(20)17-8-9-17)33-24(26(35)36)29-12-19-27-10-18(11-28-19)39(37,38)7-2/h10-11,13-14,17H,6-9,12H2,1-5H3,(H,29,33)/t14-/m1/s1. The molecule has 1 N–H and O–H groups in total. The van der Waals surface area contributed by atoms with Gasteiger partial charge < -0.3 is 5.32 Å². The summed E-state index contributed by atoms with van der Waals surface area (Å²) in [5, 5.41) is 3.03. The normalized spacial score (nSPS) is 14.5. The van der Waals surface area contributed by atoms with Crippen molar-refractivity contribution in [2.45, 2.75) is 77.3 Å². The van der Waals surface area contributed by atoms with E-state index in [2.05, 4.69) is 30.2 Å². The number of hydrogen-bond acceptors (Lipinski definition) is 11. The lowest BCUT2D eigenvalue weighted by Gasteiger charge is -2.19. The van der Waals surface area contributed by atoms with Crippen LogP contribution in [-0.4, -0.2) is 53.6 Å². The number of aryl methyl sites for hydroxylation is 2. The Morgan fingerprint density at radius 3 is 2.38 bits per heavy atom. The topological polar surface area (TPSA) is 158 Å². The van der Waals surface area contributed by atoms with E-state index in [1.165, 1.54) is 12.4 Å². The van der Waals surface area contributed by atoms with Gasteiger partial charge in [-0.05, 0) is 40.0 Å². The van der Waals surface area contributed by atoms with Gasteiger partial charge in [-0.3, -0.25) is 9.36 Å². The van der Waals surface area contributed by atoms with Crippen molar-refractivity contribution in [3.05, 3.63) is 52.0 Å². The minimum absolute atomic E-state index is 0.0357. The Kier molecular flexibility index (Phi) is 7.10. The van der Waals surface area contributed by atoms with E-state index < -0.39 is 9.84 Å². The molecule has 0 unspecified atom stereocenters. The van der Waals surface area contributed by atoms with Crippen molar-refractivity contribution < 1.29 is 8.42 Å². The highest BCUT2D eigenvalue weighted by atomic mass is 32.2. The smallest absolute Gasteiger partial charge is 0.295 e. The van der Waals surface area contributed by atoms with Crippen LogP contribution in [0.5, 0.6) is 0 Å². The molecule has 5 rings (SSSR count). The van der Waals surface area contributed by atoms with Gasteiger partial charge in [0.15, 0.2) is 27.1 Å². The molecular weight excluding hydrogens is 518 g/mol. The maximum Gasteiger partial charge on any atom is 0.295 e. The van der Waals surface area contributed by atoms with Gasteiger partial charge in [-0.2, -0.15) is 0 Å². The largest absolute Gasteiger partial charge is 0.358 e. The van der Waals surface area contributed by atoms with Gasteiger partial charge in [0.2, 0.25) is 0 Å². The maximum atomic E-state index is 13.7. The number of anilines is 1. The predicted octanol–water partition coefficient (Wildman–Crippen LogP) is 3.30. The molecule has 204 valence electrons. The Labute approximate surface area is 226 Å². The Hall–Kier alpha value is -3.87. The monoisotopic (exact) mass is 549 g/mol. The van der Waals surface area contributed by atoms with E-state index >= 15 is 0 Å². The molecule has 1 atom stereocenters. The summed E-state index contributed by atoms with van der Waals surface area (Å²) in [5.74, 6) is 1.29. The van der Waals surface area contributed by atoms with E-state index in [1.54, 1.807) is 17.8 Å². The van der Waals surface area contributed by atoms with Crippen LogP contribution in [-0.2, 0) is 16.4 Å². The lowest BCUT2D eigenvalue weighted by Crippen LogP contribution is -2.29. The molecule has 0 aromatic carbocycles. The Morgan fingerprint density at radius 2 is 1.74 bits per heavy atom. The average Bonchev–Trinajstić information content (AvgIpc) is 3.77. The summed E-state index contributed by atoms with van der Waals surface area (Å²) in [7, 11) is -3.40. The number of hydrogen-bond donors (Lipinski definition) is 1. The van der Waals surface area contributed by atoms with E-state index in [1.807, 2.05) is 27.7 Å². The van der Waals surface area contributed by atoms with Gasteiger partial charge in [0.1, 0.15) is 22.6 Å². The fraction of sp³-hybridized carbons (Fsp3) is 0.462. The lowest BCUT2D eigenvalue weighted by molar-refractivity contribution is 0.526. The fourth-order valence-electron chi connectivity index (χ4n) is 4.40. The lowest BCUT2D eigenvalue weighted by atomic mass is 10.1. The van der Waals surface area contributed by atoms with Crippen molar-refractivity contribution in [2.24, 2.45) is 0 Å². The molecule has 1 fully saturated rings. The van der Waals surface area contributed by atoms with Gasteiger partial charge >= 0.3 is 0 Å². The minimum atomic E-state index is -3.40. The molecular formula is C26H31N9O3S. The van der Waals surface area contributed by atoms with Crippen molar-refractivity contribution in [3.8, 4) is 11.4 Å². The number of nitrogens with zero attached hydrogens (tertiary/aromatic N) is 8.